The monoisotopic (exact) mass is 575 g/mol. The number of methoxy groups -OCH3 is 1. The normalized spacial score (nSPS) is 13.0. The summed E-state index contributed by atoms with van der Waals surface area (Å²) in [5.41, 5.74) is 6.71. The highest BCUT2D eigenvalue weighted by molar-refractivity contribution is 5.91. The minimum atomic E-state index is -1.33. The molecule has 0 saturated carbocycles. The van der Waals surface area contributed by atoms with Crippen molar-refractivity contribution in [1.82, 2.24) is 0 Å². The van der Waals surface area contributed by atoms with Crippen molar-refractivity contribution in [3.8, 4) is 16.9 Å². The van der Waals surface area contributed by atoms with Gasteiger partial charge in [0.2, 0.25) is 0 Å². The number of aryl methyl sites for hydroxylation is 2. The molecular formula is C34H39O8-. The SMILES string of the molecule is COCCOCCOCCOc1ccc(C2(CCCCC(=O)O)c3cc(C)ccc3-c3ccc(C)cc32)cc1C(=O)[O-]. The number of benzene rings is 3. The summed E-state index contributed by atoms with van der Waals surface area (Å²) in [6.45, 7) is 6.36. The van der Waals surface area contributed by atoms with Crippen molar-refractivity contribution < 1.29 is 38.7 Å². The molecule has 42 heavy (non-hydrogen) atoms. The Hall–Kier alpha value is -3.72. The molecule has 0 spiro atoms. The third-order valence-electron chi connectivity index (χ3n) is 7.73. The molecule has 0 amide bonds. The molecule has 4 rings (SSSR count). The third-order valence-corrected chi connectivity index (χ3v) is 7.73. The van der Waals surface area contributed by atoms with Crippen molar-refractivity contribution in [2.24, 2.45) is 0 Å². The van der Waals surface area contributed by atoms with Gasteiger partial charge in [-0.15, -0.1) is 0 Å². The molecule has 0 bridgehead atoms. The maximum atomic E-state index is 12.4. The van der Waals surface area contributed by atoms with Gasteiger partial charge < -0.3 is 34.0 Å². The highest BCUT2D eigenvalue weighted by atomic mass is 16.6. The fourth-order valence-electron chi connectivity index (χ4n) is 5.78. The van der Waals surface area contributed by atoms with Gasteiger partial charge in [-0.05, 0) is 66.6 Å². The quantitative estimate of drug-likeness (QED) is 0.231. The lowest BCUT2D eigenvalue weighted by Gasteiger charge is -2.34. The summed E-state index contributed by atoms with van der Waals surface area (Å²) in [4.78, 5) is 23.7. The van der Waals surface area contributed by atoms with Gasteiger partial charge >= 0.3 is 5.97 Å². The second-order valence-electron chi connectivity index (χ2n) is 10.7. The maximum Gasteiger partial charge on any atom is 0.303 e. The Bertz CT molecular complexity index is 1340. The van der Waals surface area contributed by atoms with Crippen LogP contribution in [0.1, 0.15) is 63.9 Å². The minimum absolute atomic E-state index is 0.0318. The molecule has 1 aliphatic carbocycles. The Labute approximate surface area is 247 Å². The zero-order valence-corrected chi connectivity index (χ0v) is 24.6. The van der Waals surface area contributed by atoms with Crippen molar-refractivity contribution in [3.05, 3.63) is 88.0 Å². The number of carbonyl (C=O) groups excluding carboxylic acids is 1. The molecule has 224 valence electrons. The smallest absolute Gasteiger partial charge is 0.303 e. The largest absolute Gasteiger partial charge is 0.545 e. The number of carbonyl (C=O) groups is 2. The van der Waals surface area contributed by atoms with Crippen LogP contribution in [0.2, 0.25) is 0 Å². The van der Waals surface area contributed by atoms with Crippen molar-refractivity contribution in [1.29, 1.82) is 0 Å². The Morgan fingerprint density at radius 1 is 0.786 bits per heavy atom. The lowest BCUT2D eigenvalue weighted by atomic mass is 9.68. The molecule has 0 radical (unpaired) electrons. The van der Waals surface area contributed by atoms with E-state index in [4.69, 9.17) is 18.9 Å². The lowest BCUT2D eigenvalue weighted by Crippen LogP contribution is -2.29. The van der Waals surface area contributed by atoms with Gasteiger partial charge in [0.05, 0.1) is 39.0 Å². The molecule has 8 heteroatoms. The van der Waals surface area contributed by atoms with E-state index in [0.717, 1.165) is 38.9 Å². The second-order valence-corrected chi connectivity index (χ2v) is 10.7. The fraction of sp³-hybridized carbons (Fsp3) is 0.412. The summed E-state index contributed by atoms with van der Waals surface area (Å²) in [7, 11) is 1.61. The molecule has 0 aromatic heterocycles. The van der Waals surface area contributed by atoms with E-state index in [1.165, 1.54) is 0 Å². The number of carboxylic acids is 2. The first-order valence-corrected chi connectivity index (χ1v) is 14.4. The van der Waals surface area contributed by atoms with Crippen LogP contribution in [0.4, 0.5) is 0 Å². The number of ether oxygens (including phenoxy) is 4. The van der Waals surface area contributed by atoms with Crippen molar-refractivity contribution in [3.63, 3.8) is 0 Å². The summed E-state index contributed by atoms with van der Waals surface area (Å²) < 4.78 is 21.7. The van der Waals surface area contributed by atoms with E-state index in [1.54, 1.807) is 19.2 Å². The van der Waals surface area contributed by atoms with Crippen LogP contribution in [-0.2, 0) is 24.4 Å². The lowest BCUT2D eigenvalue weighted by molar-refractivity contribution is -0.255. The molecule has 1 N–H and O–H groups in total. The van der Waals surface area contributed by atoms with E-state index in [-0.39, 0.29) is 30.9 Å². The van der Waals surface area contributed by atoms with E-state index in [2.05, 4.69) is 36.4 Å². The number of carboxylic acid groups (broad SMARTS) is 2. The molecule has 8 nitrogen and oxygen atoms in total. The Kier molecular flexibility index (Phi) is 10.7. The van der Waals surface area contributed by atoms with Gasteiger partial charge in [0, 0.05) is 24.5 Å². The van der Waals surface area contributed by atoms with Crippen molar-refractivity contribution in [2.45, 2.75) is 44.9 Å². The maximum absolute atomic E-state index is 12.4. The van der Waals surface area contributed by atoms with Crippen LogP contribution in [0.15, 0.2) is 54.6 Å². The predicted molar refractivity (Wildman–Crippen MR) is 157 cm³/mol. The zero-order valence-electron chi connectivity index (χ0n) is 24.6. The first-order valence-electron chi connectivity index (χ1n) is 14.4. The van der Waals surface area contributed by atoms with E-state index >= 15 is 0 Å². The van der Waals surface area contributed by atoms with Gasteiger partial charge in [-0.3, -0.25) is 4.79 Å². The summed E-state index contributed by atoms with van der Waals surface area (Å²) in [5.74, 6) is -1.94. The summed E-state index contributed by atoms with van der Waals surface area (Å²) in [6.07, 6.45) is 1.87. The van der Waals surface area contributed by atoms with Gasteiger partial charge in [-0.2, -0.15) is 0 Å². The number of fused-ring (bicyclic) bond motifs is 3. The van der Waals surface area contributed by atoms with Crippen molar-refractivity contribution >= 4 is 11.9 Å². The Balaban J connectivity index is 1.65. The van der Waals surface area contributed by atoms with Crippen LogP contribution in [0.25, 0.3) is 11.1 Å². The van der Waals surface area contributed by atoms with Gasteiger partial charge in [-0.25, -0.2) is 0 Å². The number of aromatic carboxylic acids is 1. The number of hydrogen-bond donors (Lipinski definition) is 1. The van der Waals surface area contributed by atoms with Gasteiger partial charge in [0.1, 0.15) is 12.4 Å². The summed E-state index contributed by atoms with van der Waals surface area (Å²) in [6, 6.07) is 18.0. The first-order chi connectivity index (χ1) is 20.3. The third kappa shape index (κ3) is 7.01. The molecule has 0 atom stereocenters. The molecule has 0 heterocycles. The summed E-state index contributed by atoms with van der Waals surface area (Å²) >= 11 is 0. The number of hydrogen-bond acceptors (Lipinski definition) is 7. The fourth-order valence-corrected chi connectivity index (χ4v) is 5.78. The molecule has 0 unspecified atom stereocenters. The standard InChI is InChI=1S/C34H40O8/c1-23-7-10-26-27-11-8-24(2)21-30(27)34(29(26)20-23,13-5-4-6-32(35)36)25-9-12-31(28(22-25)33(37)38)42-19-18-41-17-16-40-15-14-39-3/h7-12,20-22H,4-6,13-19H2,1-3H3,(H,35,36)(H,37,38)/p-1. The van der Waals surface area contributed by atoms with Crippen LogP contribution in [0.5, 0.6) is 5.75 Å². The number of aliphatic carboxylic acids is 1. The van der Waals surface area contributed by atoms with E-state index in [0.29, 0.717) is 45.7 Å². The minimum Gasteiger partial charge on any atom is -0.545 e. The van der Waals surface area contributed by atoms with Crippen LogP contribution in [0.3, 0.4) is 0 Å². The number of unbranched alkanes of at least 4 members (excludes halogenated alkanes) is 1. The van der Waals surface area contributed by atoms with E-state index in [9.17, 15) is 19.8 Å². The molecule has 3 aromatic carbocycles. The second kappa shape index (κ2) is 14.4. The highest BCUT2D eigenvalue weighted by Crippen LogP contribution is 2.55. The van der Waals surface area contributed by atoms with E-state index < -0.39 is 17.4 Å². The van der Waals surface area contributed by atoms with Crippen molar-refractivity contribution in [2.75, 3.05) is 46.8 Å². The molecule has 3 aromatic rings. The van der Waals surface area contributed by atoms with Gasteiger partial charge in [0.15, 0.2) is 0 Å². The van der Waals surface area contributed by atoms with Crippen LogP contribution < -0.4 is 9.84 Å². The summed E-state index contributed by atoms with van der Waals surface area (Å²) in [5, 5.41) is 21.6. The van der Waals surface area contributed by atoms with Crippen LogP contribution in [-0.4, -0.2) is 63.8 Å². The molecule has 0 aliphatic heterocycles. The van der Waals surface area contributed by atoms with Crippen LogP contribution in [0, 0.1) is 13.8 Å². The highest BCUT2D eigenvalue weighted by Gasteiger charge is 2.44. The molecule has 0 saturated heterocycles. The molecule has 1 aliphatic rings. The Morgan fingerprint density at radius 2 is 1.38 bits per heavy atom. The van der Waals surface area contributed by atoms with Crippen LogP contribution >= 0.6 is 0 Å². The van der Waals surface area contributed by atoms with Gasteiger partial charge in [0.25, 0.3) is 0 Å². The average molecular weight is 576 g/mol. The van der Waals surface area contributed by atoms with E-state index in [1.807, 2.05) is 19.9 Å². The Morgan fingerprint density at radius 3 is 1.95 bits per heavy atom. The topological polar surface area (TPSA) is 114 Å². The average Bonchev–Trinajstić information content (AvgIpc) is 3.23. The van der Waals surface area contributed by atoms with Gasteiger partial charge in [-0.1, -0.05) is 60.0 Å². The predicted octanol–water partition coefficient (Wildman–Crippen LogP) is 4.69. The molecule has 0 fully saturated rings. The first kappa shape index (κ1) is 31.2. The molecular weight excluding hydrogens is 536 g/mol. The number of rotatable bonds is 17. The zero-order chi connectivity index (χ0) is 30.1.